The molecule has 6 heteroatoms. The third-order valence-corrected chi connectivity index (χ3v) is 5.29. The lowest BCUT2D eigenvalue weighted by Gasteiger charge is -2.22. The van der Waals surface area contributed by atoms with E-state index in [4.69, 9.17) is 4.74 Å². The molecule has 0 fully saturated rings. The monoisotopic (exact) mass is 458 g/mol. The van der Waals surface area contributed by atoms with Crippen LogP contribution in [-0.4, -0.2) is 39.9 Å². The van der Waals surface area contributed by atoms with E-state index in [0.29, 0.717) is 12.2 Å². The Morgan fingerprint density at radius 3 is 2.12 bits per heavy atom. The summed E-state index contributed by atoms with van der Waals surface area (Å²) in [4.78, 5) is 27.8. The molecule has 0 saturated heterocycles. The van der Waals surface area contributed by atoms with Gasteiger partial charge in [0.2, 0.25) is 0 Å². The van der Waals surface area contributed by atoms with Gasteiger partial charge in [-0.25, -0.2) is 9.59 Å². The first-order valence-electron chi connectivity index (χ1n) is 11.1. The van der Waals surface area contributed by atoms with Gasteiger partial charge in [0, 0.05) is 31.5 Å². The maximum absolute atomic E-state index is 12.8. The molecule has 3 aromatic rings. The Morgan fingerprint density at radius 1 is 0.882 bits per heavy atom. The molecule has 0 spiro atoms. The highest BCUT2D eigenvalue weighted by Gasteiger charge is 2.18. The summed E-state index contributed by atoms with van der Waals surface area (Å²) in [6.45, 7) is 2.41. The molecule has 34 heavy (non-hydrogen) atoms. The fraction of sp³-hybridized carbons (Fsp3) is 0.214. The zero-order valence-electron chi connectivity index (χ0n) is 20.0. The van der Waals surface area contributed by atoms with E-state index in [2.05, 4.69) is 46.0 Å². The number of ether oxygens (including phenoxy) is 2. The number of carbonyl (C=O) groups excluding carboxylic acids is 2. The SMILES string of the molecule is CCOC(=O)N(Cc1ccc(-c2ccc(N(C)C)cc2)cc1)c1cccc(/C=C/C(=O)OC)c1. The van der Waals surface area contributed by atoms with E-state index in [0.717, 1.165) is 27.9 Å². The van der Waals surface area contributed by atoms with E-state index in [1.807, 2.05) is 50.5 Å². The average Bonchev–Trinajstić information content (AvgIpc) is 2.86. The van der Waals surface area contributed by atoms with Crippen LogP contribution in [0.2, 0.25) is 0 Å². The van der Waals surface area contributed by atoms with Gasteiger partial charge in [-0.05, 0) is 59.5 Å². The van der Waals surface area contributed by atoms with Gasteiger partial charge in [0.25, 0.3) is 0 Å². The van der Waals surface area contributed by atoms with Gasteiger partial charge in [-0.1, -0.05) is 48.5 Å². The Hall–Kier alpha value is -4.06. The van der Waals surface area contributed by atoms with Gasteiger partial charge < -0.3 is 14.4 Å². The summed E-state index contributed by atoms with van der Waals surface area (Å²) in [6.07, 6.45) is 2.56. The molecule has 0 heterocycles. The minimum absolute atomic E-state index is 0.277. The molecular weight excluding hydrogens is 428 g/mol. The first kappa shape index (κ1) is 24.6. The topological polar surface area (TPSA) is 59.1 Å². The van der Waals surface area contributed by atoms with Crippen molar-refractivity contribution in [3.8, 4) is 11.1 Å². The molecule has 1 amide bonds. The quantitative estimate of drug-likeness (QED) is 0.317. The van der Waals surface area contributed by atoms with Crippen LogP contribution in [0.3, 0.4) is 0 Å². The zero-order chi connectivity index (χ0) is 24.5. The van der Waals surface area contributed by atoms with Crippen LogP contribution in [0.5, 0.6) is 0 Å². The van der Waals surface area contributed by atoms with Crippen LogP contribution >= 0.6 is 0 Å². The Morgan fingerprint density at radius 2 is 1.53 bits per heavy atom. The van der Waals surface area contributed by atoms with Crippen molar-refractivity contribution in [3.63, 3.8) is 0 Å². The van der Waals surface area contributed by atoms with Crippen LogP contribution in [0.25, 0.3) is 17.2 Å². The van der Waals surface area contributed by atoms with Crippen molar-refractivity contribution >= 4 is 29.5 Å². The lowest BCUT2D eigenvalue weighted by atomic mass is 10.0. The number of anilines is 2. The molecular formula is C28H30N2O4. The van der Waals surface area contributed by atoms with E-state index in [9.17, 15) is 9.59 Å². The molecule has 0 unspecified atom stereocenters. The normalized spacial score (nSPS) is 10.7. The number of amides is 1. The van der Waals surface area contributed by atoms with Crippen molar-refractivity contribution in [3.05, 3.63) is 90.0 Å². The van der Waals surface area contributed by atoms with E-state index < -0.39 is 12.1 Å². The maximum atomic E-state index is 12.8. The Balaban J connectivity index is 1.82. The third-order valence-electron chi connectivity index (χ3n) is 5.29. The summed E-state index contributed by atoms with van der Waals surface area (Å²) in [5.41, 5.74) is 5.80. The number of methoxy groups -OCH3 is 1. The van der Waals surface area contributed by atoms with E-state index in [1.165, 1.54) is 13.2 Å². The molecule has 0 N–H and O–H groups in total. The molecule has 0 atom stereocenters. The van der Waals surface area contributed by atoms with E-state index >= 15 is 0 Å². The van der Waals surface area contributed by atoms with Crippen molar-refractivity contribution < 1.29 is 19.1 Å². The fourth-order valence-corrected chi connectivity index (χ4v) is 3.43. The summed E-state index contributed by atoms with van der Waals surface area (Å²) < 4.78 is 9.94. The highest BCUT2D eigenvalue weighted by molar-refractivity contribution is 5.89. The van der Waals surface area contributed by atoms with Crippen molar-refractivity contribution in [1.82, 2.24) is 0 Å². The minimum Gasteiger partial charge on any atom is -0.466 e. The first-order valence-corrected chi connectivity index (χ1v) is 11.1. The van der Waals surface area contributed by atoms with Crippen molar-refractivity contribution in [2.45, 2.75) is 13.5 Å². The van der Waals surface area contributed by atoms with Gasteiger partial charge >= 0.3 is 12.1 Å². The van der Waals surface area contributed by atoms with Gasteiger partial charge in [-0.2, -0.15) is 0 Å². The van der Waals surface area contributed by atoms with Crippen molar-refractivity contribution in [2.75, 3.05) is 37.6 Å². The van der Waals surface area contributed by atoms with Gasteiger partial charge in [-0.3, -0.25) is 4.90 Å². The molecule has 0 aliphatic carbocycles. The Bertz CT molecular complexity index is 1140. The zero-order valence-corrected chi connectivity index (χ0v) is 20.0. The van der Waals surface area contributed by atoms with Crippen molar-refractivity contribution in [1.29, 1.82) is 0 Å². The summed E-state index contributed by atoms with van der Waals surface area (Å²) in [5, 5.41) is 0. The van der Waals surface area contributed by atoms with Crippen LogP contribution in [0.1, 0.15) is 18.1 Å². The lowest BCUT2D eigenvalue weighted by Crippen LogP contribution is -2.31. The largest absolute Gasteiger partial charge is 0.466 e. The molecule has 176 valence electrons. The second-order valence-electron chi connectivity index (χ2n) is 7.87. The molecule has 0 aliphatic rings. The summed E-state index contributed by atoms with van der Waals surface area (Å²) in [5.74, 6) is -0.441. The van der Waals surface area contributed by atoms with E-state index in [1.54, 1.807) is 17.9 Å². The number of hydrogen-bond donors (Lipinski definition) is 0. The molecule has 0 radical (unpaired) electrons. The van der Waals surface area contributed by atoms with Crippen LogP contribution in [0.15, 0.2) is 78.9 Å². The molecule has 0 bridgehead atoms. The minimum atomic E-state index is -0.441. The molecule has 0 aromatic heterocycles. The molecule has 3 rings (SSSR count). The second-order valence-corrected chi connectivity index (χ2v) is 7.87. The Kier molecular flexibility index (Phi) is 8.46. The standard InChI is InChI=1S/C28H30N2O4/c1-5-34-28(32)30(26-8-6-7-21(19-26)11-18-27(31)33-4)20-22-9-12-23(13-10-22)24-14-16-25(17-15-24)29(2)3/h6-19H,5,20H2,1-4H3/b18-11+. The van der Waals surface area contributed by atoms with Crippen LogP contribution in [0, 0.1) is 0 Å². The summed E-state index contributed by atoms with van der Waals surface area (Å²) >= 11 is 0. The number of rotatable bonds is 8. The maximum Gasteiger partial charge on any atom is 0.414 e. The number of esters is 1. The fourth-order valence-electron chi connectivity index (χ4n) is 3.43. The van der Waals surface area contributed by atoms with Crippen LogP contribution in [0.4, 0.5) is 16.2 Å². The van der Waals surface area contributed by atoms with E-state index in [-0.39, 0.29) is 6.61 Å². The summed E-state index contributed by atoms with van der Waals surface area (Å²) in [6, 6.07) is 23.9. The lowest BCUT2D eigenvalue weighted by molar-refractivity contribution is -0.134. The van der Waals surface area contributed by atoms with Crippen molar-refractivity contribution in [2.24, 2.45) is 0 Å². The van der Waals surface area contributed by atoms with Gasteiger partial charge in [-0.15, -0.1) is 0 Å². The van der Waals surface area contributed by atoms with Gasteiger partial charge in [0.05, 0.1) is 20.3 Å². The highest BCUT2D eigenvalue weighted by Crippen LogP contribution is 2.25. The second kappa shape index (κ2) is 11.7. The Labute approximate surface area is 201 Å². The number of hydrogen-bond acceptors (Lipinski definition) is 5. The average molecular weight is 459 g/mol. The highest BCUT2D eigenvalue weighted by atomic mass is 16.6. The number of carbonyl (C=O) groups is 2. The molecule has 0 aliphatic heterocycles. The number of nitrogens with zero attached hydrogens (tertiary/aromatic N) is 2. The number of benzene rings is 3. The van der Waals surface area contributed by atoms with Gasteiger partial charge in [0.15, 0.2) is 0 Å². The predicted molar refractivity (Wildman–Crippen MR) is 137 cm³/mol. The summed E-state index contributed by atoms with van der Waals surface area (Å²) in [7, 11) is 5.37. The molecule has 3 aromatic carbocycles. The smallest absolute Gasteiger partial charge is 0.414 e. The van der Waals surface area contributed by atoms with Crippen LogP contribution in [-0.2, 0) is 20.8 Å². The third kappa shape index (κ3) is 6.48. The molecule has 6 nitrogen and oxygen atoms in total. The van der Waals surface area contributed by atoms with Crippen LogP contribution < -0.4 is 9.80 Å². The molecule has 0 saturated carbocycles. The first-order chi connectivity index (χ1) is 16.4. The van der Waals surface area contributed by atoms with Gasteiger partial charge in [0.1, 0.15) is 0 Å². The predicted octanol–water partition coefficient (Wildman–Crippen LogP) is 5.77.